The van der Waals surface area contributed by atoms with Crippen LogP contribution in [-0.2, 0) is 0 Å². The minimum Gasteiger partial charge on any atom is -0.313 e. The van der Waals surface area contributed by atoms with Crippen LogP contribution in [0.5, 0.6) is 0 Å². The van der Waals surface area contributed by atoms with Crippen LogP contribution in [0.4, 0.5) is 0 Å². The summed E-state index contributed by atoms with van der Waals surface area (Å²) >= 11 is 0. The summed E-state index contributed by atoms with van der Waals surface area (Å²) < 4.78 is 0. The zero-order valence-electron chi connectivity index (χ0n) is 11.6. The quantitative estimate of drug-likeness (QED) is 0.533. The Bertz CT molecular complexity index is 377. The summed E-state index contributed by atoms with van der Waals surface area (Å²) in [7, 11) is 0. The zero-order chi connectivity index (χ0) is 12.3. The smallest absolute Gasteiger partial charge is 0.230 e. The van der Waals surface area contributed by atoms with Crippen LogP contribution >= 0.6 is 0 Å². The van der Waals surface area contributed by atoms with Crippen molar-refractivity contribution < 1.29 is 0 Å². The van der Waals surface area contributed by atoms with Crippen molar-refractivity contribution in [2.75, 3.05) is 0 Å². The van der Waals surface area contributed by atoms with Crippen LogP contribution in [0.2, 0.25) is 0 Å². The van der Waals surface area contributed by atoms with Gasteiger partial charge >= 0.3 is 0 Å². The zero-order valence-corrected chi connectivity index (χ0v) is 11.6. The van der Waals surface area contributed by atoms with Gasteiger partial charge < -0.3 is 4.85 Å². The number of fused-ring (bicyclic) bond motifs is 1. The molecule has 1 spiro atoms. The second kappa shape index (κ2) is 3.28. The summed E-state index contributed by atoms with van der Waals surface area (Å²) in [5.41, 5.74) is 1.38. The molecule has 2 bridgehead atoms. The molecule has 0 aliphatic heterocycles. The average molecular weight is 231 g/mol. The van der Waals surface area contributed by atoms with Crippen LogP contribution in [0.25, 0.3) is 4.85 Å². The van der Waals surface area contributed by atoms with Gasteiger partial charge in [-0.2, -0.15) is 0 Å². The van der Waals surface area contributed by atoms with Crippen molar-refractivity contribution in [2.24, 2.45) is 22.2 Å². The van der Waals surface area contributed by atoms with Crippen LogP contribution in [-0.4, -0.2) is 6.04 Å². The van der Waals surface area contributed by atoms with Crippen molar-refractivity contribution in [1.82, 2.24) is 0 Å². The SMILES string of the molecule is [C-]#[N+][C@@H]1CC(C)(C)[C@@H]2CC[C@@]3(C)CCC[C@@]12C3. The Hall–Kier alpha value is -0.510. The molecule has 3 rings (SSSR count). The predicted molar refractivity (Wildman–Crippen MR) is 70.5 cm³/mol. The van der Waals surface area contributed by atoms with Gasteiger partial charge in [-0.05, 0) is 48.9 Å². The molecule has 0 amide bonds. The van der Waals surface area contributed by atoms with Crippen LogP contribution in [0.1, 0.15) is 65.7 Å². The Morgan fingerprint density at radius 1 is 1.12 bits per heavy atom. The van der Waals surface area contributed by atoms with Crippen molar-refractivity contribution in [3.05, 3.63) is 11.4 Å². The number of hydrogen-bond acceptors (Lipinski definition) is 0. The van der Waals surface area contributed by atoms with E-state index in [0.29, 0.717) is 22.3 Å². The maximum Gasteiger partial charge on any atom is 0.230 e. The van der Waals surface area contributed by atoms with E-state index in [2.05, 4.69) is 25.6 Å². The van der Waals surface area contributed by atoms with Gasteiger partial charge in [0, 0.05) is 11.8 Å². The first-order valence-corrected chi connectivity index (χ1v) is 7.29. The Morgan fingerprint density at radius 3 is 2.59 bits per heavy atom. The molecule has 1 heteroatoms. The number of rotatable bonds is 0. The second-order valence-corrected chi connectivity index (χ2v) is 8.00. The minimum atomic E-state index is 0.322. The Labute approximate surface area is 106 Å². The van der Waals surface area contributed by atoms with E-state index in [1.54, 1.807) is 0 Å². The molecule has 1 nitrogen and oxygen atoms in total. The van der Waals surface area contributed by atoms with Crippen molar-refractivity contribution in [1.29, 1.82) is 0 Å². The number of hydrogen-bond donors (Lipinski definition) is 0. The first kappa shape index (κ1) is 11.6. The van der Waals surface area contributed by atoms with Gasteiger partial charge in [0.15, 0.2) is 0 Å². The van der Waals surface area contributed by atoms with Gasteiger partial charge in [-0.25, -0.2) is 6.57 Å². The highest BCUT2D eigenvalue weighted by Gasteiger charge is 2.66. The van der Waals surface area contributed by atoms with Gasteiger partial charge in [0.1, 0.15) is 0 Å². The molecule has 0 aromatic heterocycles. The molecule has 3 saturated carbocycles. The highest BCUT2D eigenvalue weighted by molar-refractivity contribution is 5.17. The van der Waals surface area contributed by atoms with E-state index < -0.39 is 0 Å². The molecular weight excluding hydrogens is 206 g/mol. The van der Waals surface area contributed by atoms with E-state index in [4.69, 9.17) is 6.57 Å². The lowest BCUT2D eigenvalue weighted by Crippen LogP contribution is -2.48. The van der Waals surface area contributed by atoms with E-state index in [1.165, 1.54) is 38.5 Å². The largest absolute Gasteiger partial charge is 0.313 e. The van der Waals surface area contributed by atoms with Crippen molar-refractivity contribution in [3.63, 3.8) is 0 Å². The topological polar surface area (TPSA) is 4.36 Å². The van der Waals surface area contributed by atoms with E-state index >= 15 is 0 Å². The standard InChI is InChI=1S/C16H25N/c1-14(2)10-13(17-4)16-8-5-7-15(3,11-16)9-6-12(14)16/h12-13H,5-11H2,1-3H3/t12-,13+,15+,16-/m0/s1. The lowest BCUT2D eigenvalue weighted by atomic mass is 9.49. The van der Waals surface area contributed by atoms with Gasteiger partial charge in [-0.1, -0.05) is 27.2 Å². The fourth-order valence-corrected chi connectivity index (χ4v) is 5.81. The van der Waals surface area contributed by atoms with Crippen LogP contribution < -0.4 is 0 Å². The first-order valence-electron chi connectivity index (χ1n) is 7.29. The Kier molecular flexibility index (Phi) is 2.23. The Balaban J connectivity index is 2.04. The summed E-state index contributed by atoms with van der Waals surface area (Å²) in [6.45, 7) is 14.9. The molecule has 3 fully saturated rings. The lowest BCUT2D eigenvalue weighted by molar-refractivity contribution is -0.0462. The third-order valence-corrected chi connectivity index (χ3v) is 6.39. The number of nitrogens with zero attached hydrogens (tertiary/aromatic N) is 1. The third-order valence-electron chi connectivity index (χ3n) is 6.39. The highest BCUT2D eigenvalue weighted by atomic mass is 14.8. The monoisotopic (exact) mass is 231 g/mol. The lowest BCUT2D eigenvalue weighted by Gasteiger charge is -2.54. The maximum atomic E-state index is 7.61. The first-order chi connectivity index (χ1) is 7.92. The minimum absolute atomic E-state index is 0.322. The normalized spacial score (nSPS) is 51.6. The molecule has 0 radical (unpaired) electrons. The van der Waals surface area contributed by atoms with Gasteiger partial charge in [0.25, 0.3) is 0 Å². The van der Waals surface area contributed by atoms with Gasteiger partial charge in [0.2, 0.25) is 6.04 Å². The molecule has 94 valence electrons. The molecule has 3 aliphatic carbocycles. The molecule has 0 saturated heterocycles. The molecule has 0 N–H and O–H groups in total. The van der Waals surface area contributed by atoms with Crippen LogP contribution in [0.15, 0.2) is 0 Å². The average Bonchev–Trinajstić information content (AvgIpc) is 2.44. The van der Waals surface area contributed by atoms with E-state index in [0.717, 1.165) is 12.3 Å². The molecule has 3 aliphatic rings. The van der Waals surface area contributed by atoms with E-state index in [9.17, 15) is 0 Å². The summed E-state index contributed by atoms with van der Waals surface area (Å²) in [5.74, 6) is 0.822. The summed E-state index contributed by atoms with van der Waals surface area (Å²) in [6.07, 6.45) is 9.41. The molecule has 4 atom stereocenters. The molecule has 0 aromatic rings. The van der Waals surface area contributed by atoms with E-state index in [1.807, 2.05) is 0 Å². The van der Waals surface area contributed by atoms with Crippen LogP contribution in [0, 0.1) is 28.7 Å². The second-order valence-electron chi connectivity index (χ2n) is 8.00. The molecule has 17 heavy (non-hydrogen) atoms. The van der Waals surface area contributed by atoms with Gasteiger partial charge in [0.05, 0.1) is 0 Å². The maximum absolute atomic E-state index is 7.61. The van der Waals surface area contributed by atoms with Gasteiger partial charge in [-0.3, -0.25) is 0 Å². The van der Waals surface area contributed by atoms with Crippen molar-refractivity contribution in [2.45, 2.75) is 71.8 Å². The summed E-state index contributed by atoms with van der Waals surface area (Å²) in [5, 5.41) is 0. The molecule has 0 heterocycles. The third kappa shape index (κ3) is 1.42. The summed E-state index contributed by atoms with van der Waals surface area (Å²) in [4.78, 5) is 4.06. The van der Waals surface area contributed by atoms with Crippen LogP contribution in [0.3, 0.4) is 0 Å². The van der Waals surface area contributed by atoms with Crippen molar-refractivity contribution in [3.8, 4) is 0 Å². The molecular formula is C16H25N. The fourth-order valence-electron chi connectivity index (χ4n) is 5.81. The molecule has 0 unspecified atom stereocenters. The predicted octanol–water partition coefficient (Wildman–Crippen LogP) is 4.68. The fraction of sp³-hybridized carbons (Fsp3) is 0.938. The molecule has 0 aromatic carbocycles. The van der Waals surface area contributed by atoms with Gasteiger partial charge in [-0.15, -0.1) is 0 Å². The summed E-state index contributed by atoms with van der Waals surface area (Å²) in [6, 6.07) is 0.322. The van der Waals surface area contributed by atoms with Crippen molar-refractivity contribution >= 4 is 0 Å². The highest BCUT2D eigenvalue weighted by Crippen LogP contribution is 2.69. The van der Waals surface area contributed by atoms with E-state index in [-0.39, 0.29) is 0 Å². The Morgan fingerprint density at radius 2 is 1.88 bits per heavy atom.